The van der Waals surface area contributed by atoms with Crippen molar-refractivity contribution >= 4 is 5.97 Å². The van der Waals surface area contributed by atoms with Gasteiger partial charge in [-0.25, -0.2) is 4.79 Å². The monoisotopic (exact) mass is 216 g/mol. The van der Waals surface area contributed by atoms with Crippen molar-refractivity contribution in [3.05, 3.63) is 12.2 Å². The Labute approximate surface area is 90.6 Å². The normalized spacial score (nSPS) is 12.2. The van der Waals surface area contributed by atoms with Gasteiger partial charge >= 0.3 is 5.97 Å². The van der Waals surface area contributed by atoms with Crippen LogP contribution in [0.2, 0.25) is 0 Å². The fraction of sp³-hybridized carbons (Fsp3) is 0.727. The first-order valence-corrected chi connectivity index (χ1v) is 5.28. The molecule has 0 bridgehead atoms. The average Bonchev–Trinajstić information content (AvgIpc) is 2.24. The SMILES string of the molecule is C=C(C(=O)OCCCC)C(O)CCCO. The van der Waals surface area contributed by atoms with Crippen molar-refractivity contribution in [2.24, 2.45) is 0 Å². The zero-order valence-electron chi connectivity index (χ0n) is 9.24. The molecule has 0 amide bonds. The molecule has 0 aliphatic rings. The van der Waals surface area contributed by atoms with Crippen molar-refractivity contribution in [3.8, 4) is 0 Å². The van der Waals surface area contributed by atoms with E-state index in [9.17, 15) is 9.90 Å². The lowest BCUT2D eigenvalue weighted by Crippen LogP contribution is -2.20. The van der Waals surface area contributed by atoms with Crippen LogP contribution in [0.4, 0.5) is 0 Å². The van der Waals surface area contributed by atoms with Gasteiger partial charge in [0.25, 0.3) is 0 Å². The maximum atomic E-state index is 11.3. The van der Waals surface area contributed by atoms with Crippen molar-refractivity contribution in [3.63, 3.8) is 0 Å². The van der Waals surface area contributed by atoms with Crippen molar-refractivity contribution in [1.29, 1.82) is 0 Å². The van der Waals surface area contributed by atoms with Crippen LogP contribution in [-0.4, -0.2) is 35.5 Å². The van der Waals surface area contributed by atoms with Crippen LogP contribution in [0.3, 0.4) is 0 Å². The highest BCUT2D eigenvalue weighted by atomic mass is 16.5. The van der Waals surface area contributed by atoms with Gasteiger partial charge in [-0.05, 0) is 19.3 Å². The summed E-state index contributed by atoms with van der Waals surface area (Å²) in [5, 5.41) is 18.0. The number of hydrogen-bond donors (Lipinski definition) is 2. The van der Waals surface area contributed by atoms with E-state index in [4.69, 9.17) is 9.84 Å². The third-order valence-corrected chi connectivity index (χ3v) is 2.03. The third kappa shape index (κ3) is 6.25. The van der Waals surface area contributed by atoms with Crippen molar-refractivity contribution < 1.29 is 19.7 Å². The summed E-state index contributed by atoms with van der Waals surface area (Å²) in [6.45, 7) is 5.84. The molecule has 4 nitrogen and oxygen atoms in total. The summed E-state index contributed by atoms with van der Waals surface area (Å²) in [6.07, 6.45) is 1.63. The summed E-state index contributed by atoms with van der Waals surface area (Å²) in [7, 11) is 0. The maximum Gasteiger partial charge on any atom is 0.336 e. The Morgan fingerprint density at radius 1 is 1.47 bits per heavy atom. The first-order chi connectivity index (χ1) is 7.13. The highest BCUT2D eigenvalue weighted by Gasteiger charge is 2.16. The molecule has 2 N–H and O–H groups in total. The fourth-order valence-electron chi connectivity index (χ4n) is 0.997. The van der Waals surface area contributed by atoms with Gasteiger partial charge in [0.05, 0.1) is 18.3 Å². The number of rotatable bonds is 8. The number of aliphatic hydroxyl groups is 2. The van der Waals surface area contributed by atoms with Crippen molar-refractivity contribution in [2.45, 2.75) is 38.7 Å². The topological polar surface area (TPSA) is 66.8 Å². The van der Waals surface area contributed by atoms with Gasteiger partial charge in [0, 0.05) is 6.61 Å². The lowest BCUT2D eigenvalue weighted by molar-refractivity contribution is -0.140. The van der Waals surface area contributed by atoms with Gasteiger partial charge in [-0.2, -0.15) is 0 Å². The van der Waals surface area contributed by atoms with Gasteiger partial charge < -0.3 is 14.9 Å². The Morgan fingerprint density at radius 2 is 2.13 bits per heavy atom. The Morgan fingerprint density at radius 3 is 2.67 bits per heavy atom. The highest BCUT2D eigenvalue weighted by molar-refractivity contribution is 5.88. The lowest BCUT2D eigenvalue weighted by Gasteiger charge is -2.12. The van der Waals surface area contributed by atoms with E-state index >= 15 is 0 Å². The second-order valence-corrected chi connectivity index (χ2v) is 3.40. The summed E-state index contributed by atoms with van der Waals surface area (Å²) < 4.78 is 4.88. The van der Waals surface area contributed by atoms with Crippen molar-refractivity contribution in [2.75, 3.05) is 13.2 Å². The number of unbranched alkanes of at least 4 members (excludes halogenated alkanes) is 1. The molecule has 0 aromatic carbocycles. The van der Waals surface area contributed by atoms with Gasteiger partial charge in [0.1, 0.15) is 0 Å². The minimum atomic E-state index is -0.911. The zero-order valence-corrected chi connectivity index (χ0v) is 9.24. The summed E-state index contributed by atoms with van der Waals surface area (Å²) in [4.78, 5) is 11.3. The van der Waals surface area contributed by atoms with Gasteiger partial charge in [-0.15, -0.1) is 0 Å². The number of esters is 1. The number of carbonyl (C=O) groups excluding carboxylic acids is 1. The predicted molar refractivity (Wildman–Crippen MR) is 57.3 cm³/mol. The Bertz CT molecular complexity index is 201. The van der Waals surface area contributed by atoms with Gasteiger partial charge in [0.2, 0.25) is 0 Å². The minimum absolute atomic E-state index is 0.00474. The van der Waals surface area contributed by atoms with E-state index < -0.39 is 12.1 Å². The molecule has 1 unspecified atom stereocenters. The van der Waals surface area contributed by atoms with E-state index in [2.05, 4.69) is 6.58 Å². The fourth-order valence-corrected chi connectivity index (χ4v) is 0.997. The Balaban J connectivity index is 3.81. The summed E-state index contributed by atoms with van der Waals surface area (Å²) in [5.74, 6) is -0.547. The number of ether oxygens (including phenoxy) is 1. The number of carbonyl (C=O) groups is 1. The van der Waals surface area contributed by atoms with Crippen LogP contribution in [0.1, 0.15) is 32.6 Å². The smallest absolute Gasteiger partial charge is 0.336 e. The Kier molecular flexibility index (Phi) is 7.95. The second kappa shape index (κ2) is 8.44. The second-order valence-electron chi connectivity index (χ2n) is 3.40. The van der Waals surface area contributed by atoms with Crippen molar-refractivity contribution in [1.82, 2.24) is 0 Å². The summed E-state index contributed by atoms with van der Waals surface area (Å²) in [5.41, 5.74) is 0.0690. The molecule has 0 aliphatic carbocycles. The van der Waals surface area contributed by atoms with Crippen LogP contribution in [0.25, 0.3) is 0 Å². The van der Waals surface area contributed by atoms with Crippen LogP contribution in [-0.2, 0) is 9.53 Å². The molecule has 0 aromatic heterocycles. The Hall–Kier alpha value is -0.870. The van der Waals surface area contributed by atoms with Crippen LogP contribution >= 0.6 is 0 Å². The molecule has 0 heterocycles. The molecule has 0 spiro atoms. The lowest BCUT2D eigenvalue weighted by atomic mass is 10.1. The van der Waals surface area contributed by atoms with Gasteiger partial charge in [-0.1, -0.05) is 19.9 Å². The first kappa shape index (κ1) is 14.1. The molecule has 88 valence electrons. The average molecular weight is 216 g/mol. The maximum absolute atomic E-state index is 11.3. The van der Waals surface area contributed by atoms with E-state index in [1.54, 1.807) is 0 Å². The quantitative estimate of drug-likeness (QED) is 0.361. The predicted octanol–water partition coefficient (Wildman–Crippen LogP) is 1.02. The molecule has 0 aliphatic heterocycles. The molecule has 0 aromatic rings. The van der Waals surface area contributed by atoms with Crippen LogP contribution < -0.4 is 0 Å². The van der Waals surface area contributed by atoms with E-state index in [1.165, 1.54) is 0 Å². The minimum Gasteiger partial charge on any atom is -0.462 e. The van der Waals surface area contributed by atoms with Crippen LogP contribution in [0.15, 0.2) is 12.2 Å². The third-order valence-electron chi connectivity index (χ3n) is 2.03. The van der Waals surface area contributed by atoms with Gasteiger partial charge in [-0.3, -0.25) is 0 Å². The molecule has 1 atom stereocenters. The van der Waals surface area contributed by atoms with Gasteiger partial charge in [0.15, 0.2) is 0 Å². The zero-order chi connectivity index (χ0) is 11.7. The largest absolute Gasteiger partial charge is 0.462 e. The first-order valence-electron chi connectivity index (χ1n) is 5.28. The molecule has 0 saturated carbocycles. The summed E-state index contributed by atoms with van der Waals surface area (Å²) in [6, 6.07) is 0. The molecule has 15 heavy (non-hydrogen) atoms. The van der Waals surface area contributed by atoms with Crippen LogP contribution in [0.5, 0.6) is 0 Å². The molecular weight excluding hydrogens is 196 g/mol. The van der Waals surface area contributed by atoms with E-state index in [-0.39, 0.29) is 12.2 Å². The number of hydrogen-bond acceptors (Lipinski definition) is 4. The highest BCUT2D eigenvalue weighted by Crippen LogP contribution is 2.08. The molecule has 0 rings (SSSR count). The van der Waals surface area contributed by atoms with E-state index in [0.717, 1.165) is 12.8 Å². The molecular formula is C11H20O4. The molecule has 0 fully saturated rings. The van der Waals surface area contributed by atoms with E-state index in [1.807, 2.05) is 6.92 Å². The van der Waals surface area contributed by atoms with E-state index in [0.29, 0.717) is 19.4 Å². The molecule has 4 heteroatoms. The van der Waals surface area contributed by atoms with Crippen LogP contribution in [0, 0.1) is 0 Å². The molecule has 0 saturated heterocycles. The number of aliphatic hydroxyl groups excluding tert-OH is 2. The summed E-state index contributed by atoms with van der Waals surface area (Å²) >= 11 is 0. The standard InChI is InChI=1S/C11H20O4/c1-3-4-8-15-11(14)9(2)10(13)6-5-7-12/h10,12-13H,2-8H2,1H3. The molecule has 0 radical (unpaired) electrons.